The highest BCUT2D eigenvalue weighted by Gasteiger charge is 2.32. The van der Waals surface area contributed by atoms with Gasteiger partial charge in [-0.15, -0.1) is 0 Å². The van der Waals surface area contributed by atoms with Crippen LogP contribution in [0.15, 0.2) is 30.3 Å². The van der Waals surface area contributed by atoms with Gasteiger partial charge in [-0.05, 0) is 17.7 Å². The van der Waals surface area contributed by atoms with Crippen molar-refractivity contribution in [2.75, 3.05) is 0 Å². The van der Waals surface area contributed by atoms with E-state index in [1.54, 1.807) is 0 Å². The van der Waals surface area contributed by atoms with Crippen LogP contribution in [0.25, 0.3) is 0 Å². The van der Waals surface area contributed by atoms with E-state index in [1.165, 1.54) is 12.1 Å². The molecule has 0 radical (unpaired) electrons. The first-order valence-electron chi connectivity index (χ1n) is 7.03. The lowest BCUT2D eigenvalue weighted by molar-refractivity contribution is 0.0197. The molecule has 2 aromatic carbocycles. The van der Waals surface area contributed by atoms with Crippen LogP contribution in [-0.2, 0) is 16.8 Å². The van der Waals surface area contributed by atoms with Crippen molar-refractivity contribution in [1.29, 1.82) is 0 Å². The van der Waals surface area contributed by atoms with Gasteiger partial charge in [0.1, 0.15) is 23.4 Å². The van der Waals surface area contributed by atoms with Crippen molar-refractivity contribution in [2.45, 2.75) is 18.6 Å². The first-order valence-corrected chi connectivity index (χ1v) is 8.40. The van der Waals surface area contributed by atoms with Crippen LogP contribution < -0.4 is 15.1 Å². The molecule has 0 bridgehead atoms. The monoisotopic (exact) mass is 387 g/mol. The van der Waals surface area contributed by atoms with E-state index in [-0.39, 0.29) is 29.8 Å². The Morgan fingerprint density at radius 1 is 1.08 bits per heavy atom. The average Bonchev–Trinajstić information content (AvgIpc) is 2.48. The van der Waals surface area contributed by atoms with Crippen LogP contribution in [-0.4, -0.2) is 39.5 Å². The van der Waals surface area contributed by atoms with Crippen LogP contribution in [0.3, 0.4) is 0 Å². The Morgan fingerprint density at radius 2 is 1.77 bits per heavy atom. The summed E-state index contributed by atoms with van der Waals surface area (Å²) < 4.78 is 39.8. The van der Waals surface area contributed by atoms with Gasteiger partial charge in [0.05, 0.1) is 6.10 Å². The van der Waals surface area contributed by atoms with Gasteiger partial charge in [-0.25, -0.2) is 0 Å². The summed E-state index contributed by atoms with van der Waals surface area (Å²) >= 11 is 0. The highest BCUT2D eigenvalue weighted by atomic mass is 32.3. The Hall–Kier alpha value is -2.73. The molecule has 0 amide bonds. The molecule has 10 nitrogen and oxygen atoms in total. The number of benzene rings is 2. The van der Waals surface area contributed by atoms with Crippen LogP contribution in [0.5, 0.6) is 28.7 Å². The Morgan fingerprint density at radius 3 is 2.38 bits per heavy atom. The number of rotatable bonds is 3. The van der Waals surface area contributed by atoms with E-state index >= 15 is 0 Å². The molecule has 0 saturated carbocycles. The molecule has 0 spiro atoms. The SMILES string of the molecule is N.O=S(=O)(O)Oc1ccc([C@H]2Oc3cc(O)cc(O)c3C[C@H]2O)cc1O. The molecule has 1 heterocycles. The Balaban J connectivity index is 0.00000243. The molecular formula is C15H17NO9S. The third kappa shape index (κ3) is 3.91. The third-order valence-electron chi connectivity index (χ3n) is 3.69. The van der Waals surface area contributed by atoms with Crippen LogP contribution >= 0.6 is 0 Å². The van der Waals surface area contributed by atoms with E-state index < -0.39 is 34.1 Å². The molecule has 0 unspecified atom stereocenters. The summed E-state index contributed by atoms with van der Waals surface area (Å²) in [5.41, 5.74) is 0.623. The van der Waals surface area contributed by atoms with Gasteiger partial charge in [0.2, 0.25) is 0 Å². The molecule has 2 aromatic rings. The Kier molecular flexibility index (Phi) is 5.18. The zero-order valence-corrected chi connectivity index (χ0v) is 14.0. The first-order chi connectivity index (χ1) is 11.6. The van der Waals surface area contributed by atoms with Gasteiger partial charge in [0.15, 0.2) is 11.5 Å². The van der Waals surface area contributed by atoms with Gasteiger partial charge in [0.25, 0.3) is 0 Å². The molecule has 0 fully saturated rings. The van der Waals surface area contributed by atoms with E-state index in [0.29, 0.717) is 11.1 Å². The number of hydrogen-bond acceptors (Lipinski definition) is 9. The van der Waals surface area contributed by atoms with Crippen LogP contribution in [0.1, 0.15) is 17.2 Å². The number of aromatic hydroxyl groups is 3. The minimum absolute atomic E-state index is 0. The van der Waals surface area contributed by atoms with Gasteiger partial charge in [-0.3, -0.25) is 4.55 Å². The van der Waals surface area contributed by atoms with Crippen LogP contribution in [0.2, 0.25) is 0 Å². The maximum Gasteiger partial charge on any atom is 0.446 e. The molecule has 1 aliphatic heterocycles. The zero-order chi connectivity index (χ0) is 18.4. The lowest BCUT2D eigenvalue weighted by Gasteiger charge is -2.31. The number of phenolic OH excluding ortho intramolecular Hbond substituents is 3. The van der Waals surface area contributed by atoms with Crippen molar-refractivity contribution in [2.24, 2.45) is 0 Å². The number of ether oxygens (including phenoxy) is 1. The molecule has 0 aromatic heterocycles. The highest BCUT2D eigenvalue weighted by molar-refractivity contribution is 7.81. The van der Waals surface area contributed by atoms with Crippen LogP contribution in [0, 0.1) is 0 Å². The van der Waals surface area contributed by atoms with E-state index in [9.17, 15) is 28.8 Å². The standard InChI is InChI=1S/C15H14O9S.H3N/c16-8-4-10(17)9-6-12(19)15(23-14(9)5-8)7-1-2-13(11(18)3-7)24-25(20,21)22;/h1-5,12,15-19H,6H2,(H,20,21,22);1H3/t12-,15-;/m1./s1. The second-order valence-corrected chi connectivity index (χ2v) is 6.51. The summed E-state index contributed by atoms with van der Waals surface area (Å²) in [7, 11) is -4.79. The second kappa shape index (κ2) is 6.88. The maximum absolute atomic E-state index is 10.7. The number of aliphatic hydroxyl groups excluding tert-OH is 1. The molecular weight excluding hydrogens is 370 g/mol. The van der Waals surface area contributed by atoms with E-state index in [4.69, 9.17) is 9.29 Å². The fourth-order valence-electron chi connectivity index (χ4n) is 2.64. The number of aliphatic hydroxyl groups is 1. The summed E-state index contributed by atoms with van der Waals surface area (Å²) in [6.45, 7) is 0. The summed E-state index contributed by atoms with van der Waals surface area (Å²) in [5, 5.41) is 39.5. The summed E-state index contributed by atoms with van der Waals surface area (Å²) in [4.78, 5) is 0. The molecule has 11 heteroatoms. The number of phenols is 3. The molecule has 142 valence electrons. The molecule has 0 aliphatic carbocycles. The predicted molar refractivity (Wildman–Crippen MR) is 88.2 cm³/mol. The quantitative estimate of drug-likeness (QED) is 0.417. The van der Waals surface area contributed by atoms with E-state index in [2.05, 4.69) is 4.18 Å². The van der Waals surface area contributed by atoms with Gasteiger partial charge in [-0.2, -0.15) is 8.42 Å². The maximum atomic E-state index is 10.7. The van der Waals surface area contributed by atoms with Gasteiger partial charge >= 0.3 is 10.4 Å². The van der Waals surface area contributed by atoms with Crippen molar-refractivity contribution in [1.82, 2.24) is 6.15 Å². The van der Waals surface area contributed by atoms with Crippen LogP contribution in [0.4, 0.5) is 0 Å². The molecule has 26 heavy (non-hydrogen) atoms. The minimum Gasteiger partial charge on any atom is -0.508 e. The van der Waals surface area contributed by atoms with Crippen molar-refractivity contribution >= 4 is 10.4 Å². The summed E-state index contributed by atoms with van der Waals surface area (Å²) in [5.74, 6) is -1.34. The van der Waals surface area contributed by atoms with Gasteiger partial charge in [-0.1, -0.05) is 6.07 Å². The highest BCUT2D eigenvalue weighted by Crippen LogP contribution is 2.42. The molecule has 2 atom stereocenters. The lowest BCUT2D eigenvalue weighted by Crippen LogP contribution is -2.30. The fraction of sp³-hybridized carbons (Fsp3) is 0.200. The Bertz CT molecular complexity index is 929. The number of hydrogen-bond donors (Lipinski definition) is 6. The second-order valence-electron chi connectivity index (χ2n) is 5.49. The average molecular weight is 387 g/mol. The third-order valence-corrected chi connectivity index (χ3v) is 4.08. The van der Waals surface area contributed by atoms with E-state index in [0.717, 1.165) is 18.2 Å². The van der Waals surface area contributed by atoms with E-state index in [1.807, 2.05) is 0 Å². The summed E-state index contributed by atoms with van der Waals surface area (Å²) in [6, 6.07) is 5.94. The summed E-state index contributed by atoms with van der Waals surface area (Å²) in [6.07, 6.45) is -1.98. The predicted octanol–water partition coefficient (Wildman–Crippen LogP) is 1.18. The normalized spacial score (nSPS) is 19.0. The molecule has 0 saturated heterocycles. The smallest absolute Gasteiger partial charge is 0.446 e. The topological polar surface area (TPSA) is 189 Å². The van der Waals surface area contributed by atoms with Gasteiger partial charge in [0, 0.05) is 24.1 Å². The minimum atomic E-state index is -4.79. The number of fused-ring (bicyclic) bond motifs is 1. The van der Waals surface area contributed by atoms with Crippen molar-refractivity contribution < 1.29 is 42.3 Å². The van der Waals surface area contributed by atoms with Crippen molar-refractivity contribution in [3.63, 3.8) is 0 Å². The Labute approximate surface area is 148 Å². The van der Waals surface area contributed by atoms with Crippen molar-refractivity contribution in [3.8, 4) is 28.7 Å². The van der Waals surface area contributed by atoms with Gasteiger partial charge < -0.3 is 35.5 Å². The molecule has 8 N–H and O–H groups in total. The van der Waals surface area contributed by atoms with Crippen molar-refractivity contribution in [3.05, 3.63) is 41.5 Å². The first kappa shape index (κ1) is 19.6. The molecule has 1 aliphatic rings. The lowest BCUT2D eigenvalue weighted by atomic mass is 9.94. The zero-order valence-electron chi connectivity index (χ0n) is 13.2. The largest absolute Gasteiger partial charge is 0.508 e. The fourth-order valence-corrected chi connectivity index (χ4v) is 3.01. The molecule has 3 rings (SSSR count).